The van der Waals surface area contributed by atoms with Crippen LogP contribution in [0, 0.1) is 23.3 Å². The van der Waals surface area contributed by atoms with Crippen LogP contribution in [-0.4, -0.2) is 0 Å². The van der Waals surface area contributed by atoms with Gasteiger partial charge in [-0.3, -0.25) is 0 Å². The molecule has 19 heavy (non-hydrogen) atoms. The lowest BCUT2D eigenvalue weighted by Crippen LogP contribution is -1.98. The fraction of sp³-hybridized carbons (Fsp3) is 0.200. The fourth-order valence-electron chi connectivity index (χ4n) is 1.87. The average Bonchev–Trinajstić information content (AvgIpc) is 2.36. The topological polar surface area (TPSA) is 0 Å². The first-order valence-corrected chi connectivity index (χ1v) is 5.85. The number of hydrogen-bond acceptors (Lipinski definition) is 0. The largest absolute Gasteiger partial charge is 0.206 e. The van der Waals surface area contributed by atoms with Crippen molar-refractivity contribution in [2.45, 2.75) is 19.8 Å². The molecule has 0 nitrogen and oxygen atoms in total. The fourth-order valence-corrected chi connectivity index (χ4v) is 1.87. The lowest BCUT2D eigenvalue weighted by Gasteiger charge is -2.10. The first kappa shape index (κ1) is 13.6. The Morgan fingerprint density at radius 2 is 1.42 bits per heavy atom. The first-order valence-electron chi connectivity index (χ1n) is 5.85. The van der Waals surface area contributed by atoms with Crippen LogP contribution in [0.2, 0.25) is 0 Å². The van der Waals surface area contributed by atoms with Crippen molar-refractivity contribution < 1.29 is 17.6 Å². The van der Waals surface area contributed by atoms with E-state index in [4.69, 9.17) is 0 Å². The molecule has 0 saturated carbocycles. The highest BCUT2D eigenvalue weighted by Crippen LogP contribution is 2.31. The summed E-state index contributed by atoms with van der Waals surface area (Å²) in [7, 11) is 0. The summed E-state index contributed by atoms with van der Waals surface area (Å²) >= 11 is 0. The van der Waals surface area contributed by atoms with Crippen LogP contribution in [0.4, 0.5) is 17.6 Å². The molecule has 0 aliphatic carbocycles. The lowest BCUT2D eigenvalue weighted by molar-refractivity contribution is 0.497. The molecule has 2 rings (SSSR count). The summed E-state index contributed by atoms with van der Waals surface area (Å²) in [6.45, 7) is 3.75. The first-order chi connectivity index (χ1) is 8.91. The summed E-state index contributed by atoms with van der Waals surface area (Å²) in [5.74, 6) is -4.25. The monoisotopic (exact) mass is 268 g/mol. The Balaban J connectivity index is 2.63. The molecular formula is C15H12F4. The smallest absolute Gasteiger partial charge is 0.169 e. The quantitative estimate of drug-likeness (QED) is 0.529. The summed E-state index contributed by atoms with van der Waals surface area (Å²) in [4.78, 5) is 0. The van der Waals surface area contributed by atoms with E-state index in [1.54, 1.807) is 6.07 Å². The molecule has 0 unspecified atom stereocenters. The molecule has 0 aliphatic heterocycles. The zero-order valence-corrected chi connectivity index (χ0v) is 10.5. The summed E-state index contributed by atoms with van der Waals surface area (Å²) in [5, 5.41) is 0. The van der Waals surface area contributed by atoms with E-state index in [-0.39, 0.29) is 11.5 Å². The van der Waals surface area contributed by atoms with Gasteiger partial charge in [-0.1, -0.05) is 26.0 Å². The van der Waals surface area contributed by atoms with E-state index in [2.05, 4.69) is 0 Å². The highest BCUT2D eigenvalue weighted by Gasteiger charge is 2.19. The Bertz CT molecular complexity index is 618. The minimum Gasteiger partial charge on any atom is -0.206 e. The second kappa shape index (κ2) is 5.03. The predicted octanol–water partition coefficient (Wildman–Crippen LogP) is 5.03. The predicted molar refractivity (Wildman–Crippen MR) is 65.8 cm³/mol. The molecule has 4 heteroatoms. The van der Waals surface area contributed by atoms with Crippen LogP contribution >= 0.6 is 0 Å². The Hall–Kier alpha value is -1.84. The summed E-state index contributed by atoms with van der Waals surface area (Å²) < 4.78 is 54.2. The van der Waals surface area contributed by atoms with Crippen molar-refractivity contribution in [2.75, 3.05) is 0 Å². The molecule has 0 spiro atoms. The average molecular weight is 268 g/mol. The molecule has 0 fully saturated rings. The highest BCUT2D eigenvalue weighted by atomic mass is 19.2. The maximum atomic E-state index is 13.9. The van der Waals surface area contributed by atoms with Gasteiger partial charge in [-0.15, -0.1) is 0 Å². The molecule has 0 aliphatic rings. The van der Waals surface area contributed by atoms with Crippen LogP contribution in [0.1, 0.15) is 25.3 Å². The van der Waals surface area contributed by atoms with Gasteiger partial charge in [-0.25, -0.2) is 17.6 Å². The van der Waals surface area contributed by atoms with Crippen LogP contribution in [0.25, 0.3) is 11.1 Å². The second-order valence-corrected chi connectivity index (χ2v) is 4.61. The molecule has 0 amide bonds. The van der Waals surface area contributed by atoms with E-state index >= 15 is 0 Å². The molecule has 100 valence electrons. The van der Waals surface area contributed by atoms with Gasteiger partial charge in [0.25, 0.3) is 0 Å². The van der Waals surface area contributed by atoms with Gasteiger partial charge in [-0.05, 0) is 29.7 Å². The number of hydrogen-bond donors (Lipinski definition) is 0. The molecule has 0 bridgehead atoms. The van der Waals surface area contributed by atoms with Crippen molar-refractivity contribution >= 4 is 0 Å². The summed E-state index contributed by atoms with van der Waals surface area (Å²) in [6, 6.07) is 5.51. The van der Waals surface area contributed by atoms with Crippen LogP contribution in [0.3, 0.4) is 0 Å². The molecule has 0 heterocycles. The summed E-state index contributed by atoms with van der Waals surface area (Å²) in [5.41, 5.74) is -0.245. The second-order valence-electron chi connectivity index (χ2n) is 4.61. The minimum atomic E-state index is -1.38. The molecule has 0 aromatic heterocycles. The Labute approximate surface area is 108 Å². The Morgan fingerprint density at radius 1 is 0.789 bits per heavy atom. The van der Waals surface area contributed by atoms with Crippen molar-refractivity contribution in [1.82, 2.24) is 0 Å². The van der Waals surface area contributed by atoms with Crippen LogP contribution in [0.15, 0.2) is 30.3 Å². The van der Waals surface area contributed by atoms with Gasteiger partial charge in [0.05, 0.1) is 5.56 Å². The third-order valence-electron chi connectivity index (χ3n) is 2.97. The third-order valence-corrected chi connectivity index (χ3v) is 2.97. The van der Waals surface area contributed by atoms with Gasteiger partial charge in [0.2, 0.25) is 0 Å². The zero-order chi connectivity index (χ0) is 14.2. The molecule has 0 saturated heterocycles. The van der Waals surface area contributed by atoms with Crippen LogP contribution < -0.4 is 0 Å². The maximum Gasteiger partial charge on any atom is 0.169 e. The molecule has 0 radical (unpaired) electrons. The molecule has 2 aromatic rings. The van der Waals surface area contributed by atoms with Crippen molar-refractivity contribution in [2.24, 2.45) is 0 Å². The normalized spacial score (nSPS) is 11.1. The van der Waals surface area contributed by atoms with Crippen LogP contribution in [-0.2, 0) is 0 Å². The van der Waals surface area contributed by atoms with Crippen molar-refractivity contribution in [3.8, 4) is 11.1 Å². The SMILES string of the molecule is CC(C)c1ccc(-c2c(F)ccc(F)c2F)c(F)c1. The summed E-state index contributed by atoms with van der Waals surface area (Å²) in [6.07, 6.45) is 0. The van der Waals surface area contributed by atoms with Gasteiger partial charge in [0.1, 0.15) is 11.6 Å². The Kier molecular flexibility index (Phi) is 3.60. The van der Waals surface area contributed by atoms with E-state index in [1.165, 1.54) is 12.1 Å². The van der Waals surface area contributed by atoms with E-state index in [0.29, 0.717) is 11.6 Å². The van der Waals surface area contributed by atoms with Crippen molar-refractivity contribution in [3.63, 3.8) is 0 Å². The van der Waals surface area contributed by atoms with Gasteiger partial charge in [-0.2, -0.15) is 0 Å². The number of benzene rings is 2. The zero-order valence-electron chi connectivity index (χ0n) is 10.5. The molecule has 0 atom stereocenters. The van der Waals surface area contributed by atoms with E-state index < -0.39 is 28.8 Å². The third kappa shape index (κ3) is 2.48. The maximum absolute atomic E-state index is 13.9. The minimum absolute atomic E-state index is 0.0887. The number of halogens is 4. The molecular weight excluding hydrogens is 256 g/mol. The number of rotatable bonds is 2. The standard InChI is InChI=1S/C15H12F4/c1-8(2)9-3-4-10(13(18)7-9)14-11(16)5-6-12(17)15(14)19/h3-8H,1-2H3. The van der Waals surface area contributed by atoms with Gasteiger partial charge in [0.15, 0.2) is 11.6 Å². The van der Waals surface area contributed by atoms with E-state index in [1.807, 2.05) is 13.8 Å². The van der Waals surface area contributed by atoms with Crippen molar-refractivity contribution in [3.05, 3.63) is 59.2 Å². The van der Waals surface area contributed by atoms with E-state index in [0.717, 1.165) is 6.07 Å². The van der Waals surface area contributed by atoms with E-state index in [9.17, 15) is 17.6 Å². The van der Waals surface area contributed by atoms with Gasteiger partial charge < -0.3 is 0 Å². The van der Waals surface area contributed by atoms with Gasteiger partial charge in [0, 0.05) is 5.56 Å². The van der Waals surface area contributed by atoms with Gasteiger partial charge >= 0.3 is 0 Å². The highest BCUT2D eigenvalue weighted by molar-refractivity contribution is 5.66. The van der Waals surface area contributed by atoms with Crippen molar-refractivity contribution in [1.29, 1.82) is 0 Å². The van der Waals surface area contributed by atoms with Crippen LogP contribution in [0.5, 0.6) is 0 Å². The lowest BCUT2D eigenvalue weighted by atomic mass is 9.97. The molecule has 0 N–H and O–H groups in total. The molecule has 2 aromatic carbocycles. The Morgan fingerprint density at radius 3 is 2.00 bits per heavy atom.